The lowest BCUT2D eigenvalue weighted by atomic mass is 10.1. The van der Waals surface area contributed by atoms with Crippen LogP contribution in [0, 0.1) is 0 Å². The summed E-state index contributed by atoms with van der Waals surface area (Å²) in [7, 11) is 3.06. The minimum atomic E-state index is -1.07. The van der Waals surface area contributed by atoms with Gasteiger partial charge in [-0.3, -0.25) is 4.79 Å². The third kappa shape index (κ3) is 5.16. The second-order valence-electron chi connectivity index (χ2n) is 7.61. The Balaban J connectivity index is 1.63. The zero-order valence-corrected chi connectivity index (χ0v) is 19.6. The first-order valence-corrected chi connectivity index (χ1v) is 10.9. The Morgan fingerprint density at radius 2 is 1.49 bits per heavy atom. The fourth-order valence-electron chi connectivity index (χ4n) is 3.54. The number of methoxy groups -OCH3 is 2. The second-order valence-corrected chi connectivity index (χ2v) is 7.61. The van der Waals surface area contributed by atoms with Gasteiger partial charge in [0.05, 0.1) is 25.6 Å². The predicted molar refractivity (Wildman–Crippen MR) is 132 cm³/mol. The summed E-state index contributed by atoms with van der Waals surface area (Å²) in [6.07, 6.45) is 0.516. The van der Waals surface area contributed by atoms with E-state index in [1.807, 2.05) is 48.5 Å². The highest BCUT2D eigenvalue weighted by molar-refractivity contribution is 6.00. The molecule has 1 heterocycles. The number of benzene rings is 3. The smallest absolute Gasteiger partial charge is 0.342 e. The summed E-state index contributed by atoms with van der Waals surface area (Å²) in [5, 5.41) is 7.37. The van der Waals surface area contributed by atoms with Crippen LogP contribution in [0.5, 0.6) is 11.5 Å². The van der Waals surface area contributed by atoms with Crippen LogP contribution in [0.3, 0.4) is 0 Å². The van der Waals surface area contributed by atoms with Gasteiger partial charge in [0.15, 0.2) is 6.10 Å². The van der Waals surface area contributed by atoms with Gasteiger partial charge in [-0.1, -0.05) is 42.5 Å². The molecule has 0 bridgehead atoms. The number of hydrogen-bond acceptors (Lipinski definition) is 6. The highest BCUT2D eigenvalue weighted by Crippen LogP contribution is 2.32. The average molecular weight is 472 g/mol. The summed E-state index contributed by atoms with van der Waals surface area (Å²) in [6, 6.07) is 23.6. The van der Waals surface area contributed by atoms with Gasteiger partial charge in [0, 0.05) is 11.8 Å². The largest absolute Gasteiger partial charge is 0.496 e. The number of esters is 1. The molecule has 0 saturated carbocycles. The fraction of sp³-hybridized carbons (Fsp3) is 0.148. The Labute approximate surface area is 203 Å². The molecule has 35 heavy (non-hydrogen) atoms. The average Bonchev–Trinajstić information content (AvgIpc) is 3.35. The van der Waals surface area contributed by atoms with E-state index in [4.69, 9.17) is 14.2 Å². The highest BCUT2D eigenvalue weighted by atomic mass is 16.5. The number of ether oxygens (including phenoxy) is 3. The number of aromatic nitrogens is 2. The molecule has 4 rings (SSSR count). The molecule has 8 nitrogen and oxygen atoms in total. The number of nitrogens with zero attached hydrogens (tertiary/aromatic N) is 2. The molecule has 0 radical (unpaired) electrons. The summed E-state index contributed by atoms with van der Waals surface area (Å²) in [5.41, 5.74) is 2.46. The second kappa shape index (κ2) is 10.6. The molecule has 3 aromatic carbocycles. The van der Waals surface area contributed by atoms with E-state index in [2.05, 4.69) is 10.4 Å². The maximum absolute atomic E-state index is 13.3. The van der Waals surface area contributed by atoms with Crippen molar-refractivity contribution in [3.05, 3.63) is 90.6 Å². The molecule has 1 unspecified atom stereocenters. The third-order valence-electron chi connectivity index (χ3n) is 5.33. The highest BCUT2D eigenvalue weighted by Gasteiger charge is 2.26. The molecular weight excluding hydrogens is 446 g/mol. The monoisotopic (exact) mass is 471 g/mol. The number of carbonyl (C=O) groups is 2. The van der Waals surface area contributed by atoms with Gasteiger partial charge in [0.2, 0.25) is 0 Å². The maximum Gasteiger partial charge on any atom is 0.342 e. The Kier molecular flexibility index (Phi) is 7.11. The molecule has 0 fully saturated rings. The van der Waals surface area contributed by atoms with Crippen molar-refractivity contribution in [2.75, 3.05) is 19.5 Å². The SMILES string of the molecule is COc1ccccc1NC(=O)C(C)OC(=O)c1cn(-c2ccccc2)nc1-c1ccccc1OC. The Bertz CT molecular complexity index is 1330. The van der Waals surface area contributed by atoms with E-state index in [0.717, 1.165) is 5.69 Å². The summed E-state index contributed by atoms with van der Waals surface area (Å²) >= 11 is 0. The Morgan fingerprint density at radius 3 is 2.20 bits per heavy atom. The third-order valence-corrected chi connectivity index (χ3v) is 5.33. The van der Waals surface area contributed by atoms with Crippen LogP contribution >= 0.6 is 0 Å². The van der Waals surface area contributed by atoms with Crippen LogP contribution in [0.1, 0.15) is 17.3 Å². The van der Waals surface area contributed by atoms with Gasteiger partial charge < -0.3 is 19.5 Å². The van der Waals surface area contributed by atoms with Crippen molar-refractivity contribution < 1.29 is 23.8 Å². The van der Waals surface area contributed by atoms with Crippen LogP contribution in [0.4, 0.5) is 5.69 Å². The Morgan fingerprint density at radius 1 is 0.857 bits per heavy atom. The van der Waals surface area contributed by atoms with Crippen LogP contribution in [0.2, 0.25) is 0 Å². The van der Waals surface area contributed by atoms with Gasteiger partial charge in [-0.25, -0.2) is 9.48 Å². The van der Waals surface area contributed by atoms with Crippen LogP contribution in [-0.4, -0.2) is 42.0 Å². The van der Waals surface area contributed by atoms with E-state index < -0.39 is 18.0 Å². The summed E-state index contributed by atoms with van der Waals surface area (Å²) in [6.45, 7) is 1.51. The molecule has 0 aliphatic carbocycles. The molecular formula is C27H25N3O5. The summed E-state index contributed by atoms with van der Waals surface area (Å²) < 4.78 is 17.9. The van der Waals surface area contributed by atoms with Crippen molar-refractivity contribution in [1.29, 1.82) is 0 Å². The van der Waals surface area contributed by atoms with Crippen molar-refractivity contribution in [1.82, 2.24) is 9.78 Å². The van der Waals surface area contributed by atoms with Gasteiger partial charge in [-0.2, -0.15) is 5.10 Å². The summed E-state index contributed by atoms with van der Waals surface area (Å²) in [4.78, 5) is 26.0. The first-order chi connectivity index (χ1) is 17.0. The van der Waals surface area contributed by atoms with Crippen LogP contribution in [0.15, 0.2) is 85.1 Å². The van der Waals surface area contributed by atoms with Gasteiger partial charge >= 0.3 is 5.97 Å². The molecule has 1 N–H and O–H groups in total. The van der Waals surface area contributed by atoms with Crippen molar-refractivity contribution in [3.63, 3.8) is 0 Å². The van der Waals surface area contributed by atoms with E-state index >= 15 is 0 Å². The van der Waals surface area contributed by atoms with Gasteiger partial charge in [-0.05, 0) is 43.3 Å². The van der Waals surface area contributed by atoms with Crippen LogP contribution < -0.4 is 14.8 Å². The maximum atomic E-state index is 13.3. The minimum absolute atomic E-state index is 0.204. The van der Waals surface area contributed by atoms with E-state index in [1.165, 1.54) is 14.0 Å². The molecule has 178 valence electrons. The van der Waals surface area contributed by atoms with Gasteiger partial charge in [-0.15, -0.1) is 0 Å². The first-order valence-electron chi connectivity index (χ1n) is 10.9. The zero-order valence-electron chi connectivity index (χ0n) is 19.6. The molecule has 0 aliphatic heterocycles. The Hall–Kier alpha value is -4.59. The number of anilines is 1. The predicted octanol–water partition coefficient (Wildman–Crippen LogP) is 4.74. The molecule has 4 aromatic rings. The number of para-hydroxylation sites is 4. The van der Waals surface area contributed by atoms with Crippen LogP contribution in [-0.2, 0) is 9.53 Å². The topological polar surface area (TPSA) is 91.7 Å². The fourth-order valence-corrected chi connectivity index (χ4v) is 3.54. The zero-order chi connectivity index (χ0) is 24.8. The molecule has 1 atom stereocenters. The molecule has 0 saturated heterocycles. The van der Waals surface area contributed by atoms with Gasteiger partial charge in [0.25, 0.3) is 5.91 Å². The summed E-state index contributed by atoms with van der Waals surface area (Å²) in [5.74, 6) is -0.114. The molecule has 1 aromatic heterocycles. The molecule has 0 spiro atoms. The molecule has 1 amide bonds. The standard InChI is InChI=1S/C27H25N3O5/c1-18(26(31)28-22-14-8-10-16-24(22)34-3)35-27(32)21-17-30(19-11-5-4-6-12-19)29-25(21)20-13-7-9-15-23(20)33-2/h4-18H,1-3H3,(H,28,31). The lowest BCUT2D eigenvalue weighted by Gasteiger charge is -2.15. The minimum Gasteiger partial charge on any atom is -0.496 e. The van der Waals surface area contributed by atoms with E-state index in [1.54, 1.807) is 48.3 Å². The van der Waals surface area contributed by atoms with Crippen molar-refractivity contribution in [2.24, 2.45) is 0 Å². The number of hydrogen-bond donors (Lipinski definition) is 1. The normalized spacial score (nSPS) is 11.4. The van der Waals surface area contributed by atoms with Crippen molar-refractivity contribution >= 4 is 17.6 Å². The number of carbonyl (C=O) groups excluding carboxylic acids is 2. The lowest BCUT2D eigenvalue weighted by molar-refractivity contribution is -0.123. The quantitative estimate of drug-likeness (QED) is 0.373. The first kappa shape index (κ1) is 23.6. The number of rotatable bonds is 8. The number of nitrogens with one attached hydrogen (secondary N) is 1. The van der Waals surface area contributed by atoms with Crippen molar-refractivity contribution in [2.45, 2.75) is 13.0 Å². The van der Waals surface area contributed by atoms with E-state index in [-0.39, 0.29) is 5.56 Å². The van der Waals surface area contributed by atoms with Gasteiger partial charge in [0.1, 0.15) is 22.8 Å². The van der Waals surface area contributed by atoms with Crippen LogP contribution in [0.25, 0.3) is 16.9 Å². The lowest BCUT2D eigenvalue weighted by Crippen LogP contribution is -2.30. The van der Waals surface area contributed by atoms with E-state index in [0.29, 0.717) is 28.4 Å². The van der Waals surface area contributed by atoms with Crippen molar-refractivity contribution in [3.8, 4) is 28.4 Å². The van der Waals surface area contributed by atoms with E-state index in [9.17, 15) is 9.59 Å². The number of amides is 1. The molecule has 8 heteroatoms. The molecule has 0 aliphatic rings.